The Kier molecular flexibility index (Phi) is 7.59. The van der Waals surface area contributed by atoms with Gasteiger partial charge in [0.05, 0.1) is 25.0 Å². The molecule has 1 amide bonds. The lowest BCUT2D eigenvalue weighted by atomic mass is 10.3. The van der Waals surface area contributed by atoms with E-state index in [1.165, 1.54) is 4.90 Å². The monoisotopic (exact) mass is 213 g/mol. The van der Waals surface area contributed by atoms with Crippen LogP contribution in [0.15, 0.2) is 0 Å². The van der Waals surface area contributed by atoms with Crippen molar-refractivity contribution < 1.29 is 4.79 Å². The first-order chi connectivity index (χ1) is 6.76. The van der Waals surface area contributed by atoms with Crippen molar-refractivity contribution in [3.63, 3.8) is 0 Å². The summed E-state index contributed by atoms with van der Waals surface area (Å²) in [5.41, 5.74) is 0. The largest absolute Gasteiger partial charge is 0.341 e. The summed E-state index contributed by atoms with van der Waals surface area (Å²) in [5.74, 6) is 0.180. The van der Waals surface area contributed by atoms with E-state index in [0.717, 1.165) is 0 Å². The first-order valence-electron chi connectivity index (χ1n) is 4.34. The number of carbonyl (C=O) groups excluding carboxylic acids is 1. The molecule has 0 aliphatic heterocycles. The van der Waals surface area contributed by atoms with Crippen molar-refractivity contribution in [3.8, 4) is 12.1 Å². The summed E-state index contributed by atoms with van der Waals surface area (Å²) in [6, 6.07) is 3.92. The van der Waals surface area contributed by atoms with E-state index in [9.17, 15) is 4.79 Å². The van der Waals surface area contributed by atoms with E-state index in [4.69, 9.17) is 22.1 Å². The molecule has 0 N–H and O–H groups in total. The lowest BCUT2D eigenvalue weighted by molar-refractivity contribution is -0.130. The quantitative estimate of drug-likeness (QED) is 0.624. The molecule has 76 valence electrons. The van der Waals surface area contributed by atoms with Gasteiger partial charge in [0.15, 0.2) is 0 Å². The van der Waals surface area contributed by atoms with Crippen molar-refractivity contribution in [3.05, 3.63) is 0 Å². The molecule has 0 rings (SSSR count). The number of amides is 1. The Labute approximate surface area is 88.7 Å². The van der Waals surface area contributed by atoms with Gasteiger partial charge in [-0.25, -0.2) is 0 Å². The predicted molar refractivity (Wildman–Crippen MR) is 52.4 cm³/mol. The summed E-state index contributed by atoms with van der Waals surface area (Å²) in [5, 5.41) is 16.7. The molecule has 4 nitrogen and oxygen atoms in total. The molecule has 14 heavy (non-hydrogen) atoms. The summed E-state index contributed by atoms with van der Waals surface area (Å²) in [7, 11) is 0. The summed E-state index contributed by atoms with van der Waals surface area (Å²) >= 11 is 5.43. The number of nitrogens with zero attached hydrogens (tertiary/aromatic N) is 3. The van der Waals surface area contributed by atoms with Gasteiger partial charge in [0.2, 0.25) is 5.91 Å². The Morgan fingerprint density at radius 1 is 1.21 bits per heavy atom. The zero-order valence-electron chi connectivity index (χ0n) is 7.87. The van der Waals surface area contributed by atoms with Crippen LogP contribution in [0, 0.1) is 22.7 Å². The Balaban J connectivity index is 4.03. The Morgan fingerprint density at radius 2 is 1.71 bits per heavy atom. The lowest BCUT2D eigenvalue weighted by Gasteiger charge is -2.19. The number of halogens is 1. The van der Waals surface area contributed by atoms with Crippen molar-refractivity contribution in [2.45, 2.75) is 19.3 Å². The molecule has 0 aliphatic carbocycles. The zero-order chi connectivity index (χ0) is 10.8. The molecule has 0 heterocycles. The molecule has 0 aromatic heterocycles. The van der Waals surface area contributed by atoms with Gasteiger partial charge in [0.25, 0.3) is 0 Å². The highest BCUT2D eigenvalue weighted by atomic mass is 35.5. The molecule has 0 saturated heterocycles. The molecule has 5 heteroatoms. The van der Waals surface area contributed by atoms with E-state index in [1.807, 2.05) is 12.1 Å². The third-order valence-corrected chi connectivity index (χ3v) is 1.84. The maximum absolute atomic E-state index is 11.4. The average Bonchev–Trinajstić information content (AvgIpc) is 2.18. The van der Waals surface area contributed by atoms with Gasteiger partial charge < -0.3 is 4.90 Å². The van der Waals surface area contributed by atoms with Crippen LogP contribution < -0.4 is 0 Å². The van der Waals surface area contributed by atoms with Gasteiger partial charge in [-0.2, -0.15) is 10.5 Å². The third-order valence-electron chi connectivity index (χ3n) is 1.65. The van der Waals surface area contributed by atoms with Crippen molar-refractivity contribution in [1.82, 2.24) is 4.90 Å². The molecular formula is C9H12ClN3O. The molecule has 0 spiro atoms. The van der Waals surface area contributed by atoms with Gasteiger partial charge in [0, 0.05) is 25.4 Å². The molecule has 0 aliphatic rings. The molecule has 0 radical (unpaired) electrons. The fourth-order valence-electron chi connectivity index (χ4n) is 0.970. The fourth-order valence-corrected chi connectivity index (χ4v) is 1.13. The van der Waals surface area contributed by atoms with Crippen molar-refractivity contribution in [2.75, 3.05) is 19.0 Å². The summed E-state index contributed by atoms with van der Waals surface area (Å²) in [6.07, 6.45) is 0.845. The second-order valence-electron chi connectivity index (χ2n) is 2.64. The topological polar surface area (TPSA) is 67.9 Å². The van der Waals surface area contributed by atoms with E-state index in [1.54, 1.807) is 0 Å². The molecule has 0 bridgehead atoms. The number of carbonyl (C=O) groups is 1. The first-order valence-corrected chi connectivity index (χ1v) is 4.87. The van der Waals surface area contributed by atoms with E-state index < -0.39 is 0 Å². The highest BCUT2D eigenvalue weighted by molar-refractivity contribution is 6.18. The summed E-state index contributed by atoms with van der Waals surface area (Å²) in [4.78, 5) is 12.9. The minimum absolute atomic E-state index is 0.0921. The summed E-state index contributed by atoms with van der Waals surface area (Å²) in [6.45, 7) is 0.766. The van der Waals surface area contributed by atoms with Crippen LogP contribution in [-0.2, 0) is 4.79 Å². The van der Waals surface area contributed by atoms with E-state index in [-0.39, 0.29) is 18.2 Å². The molecule has 0 aromatic carbocycles. The minimum Gasteiger partial charge on any atom is -0.341 e. The first kappa shape index (κ1) is 12.7. The smallest absolute Gasteiger partial charge is 0.223 e. The highest BCUT2D eigenvalue weighted by Crippen LogP contribution is 1.99. The normalized spacial score (nSPS) is 8.79. The molecule has 0 atom stereocenters. The van der Waals surface area contributed by atoms with E-state index >= 15 is 0 Å². The molecule has 0 unspecified atom stereocenters. The SMILES string of the molecule is N#CCCN(CCC#N)C(=O)CCCl. The number of rotatable bonds is 6. The van der Waals surface area contributed by atoms with Crippen LogP contribution in [0.1, 0.15) is 19.3 Å². The average molecular weight is 214 g/mol. The standard InChI is InChI=1S/C9H12ClN3O/c10-4-3-9(14)13(7-1-5-11)8-2-6-12/h1-4,7-8H2. The summed E-state index contributed by atoms with van der Waals surface area (Å²) < 4.78 is 0. The Hall–Kier alpha value is -1.26. The van der Waals surface area contributed by atoms with Gasteiger partial charge in [-0.3, -0.25) is 4.79 Å². The maximum atomic E-state index is 11.4. The van der Waals surface area contributed by atoms with Gasteiger partial charge in [-0.05, 0) is 0 Å². The minimum atomic E-state index is -0.0921. The van der Waals surface area contributed by atoms with Crippen molar-refractivity contribution in [2.24, 2.45) is 0 Å². The van der Waals surface area contributed by atoms with E-state index in [2.05, 4.69) is 0 Å². The second kappa shape index (κ2) is 8.34. The second-order valence-corrected chi connectivity index (χ2v) is 3.01. The number of hydrogen-bond acceptors (Lipinski definition) is 3. The van der Waals surface area contributed by atoms with Gasteiger partial charge in [0.1, 0.15) is 0 Å². The lowest BCUT2D eigenvalue weighted by Crippen LogP contribution is -2.32. The van der Waals surface area contributed by atoms with Gasteiger partial charge in [-0.1, -0.05) is 0 Å². The predicted octanol–water partition coefficient (Wildman–Crippen LogP) is 1.27. The van der Waals surface area contributed by atoms with Crippen LogP contribution in [0.3, 0.4) is 0 Å². The Bertz CT molecular complexity index is 236. The van der Waals surface area contributed by atoms with Crippen LogP contribution in [0.5, 0.6) is 0 Å². The molecular weight excluding hydrogens is 202 g/mol. The molecule has 0 saturated carbocycles. The van der Waals surface area contributed by atoms with Crippen LogP contribution in [-0.4, -0.2) is 29.8 Å². The molecule has 0 fully saturated rings. The van der Waals surface area contributed by atoms with Crippen LogP contribution in [0.25, 0.3) is 0 Å². The number of alkyl halides is 1. The highest BCUT2D eigenvalue weighted by Gasteiger charge is 2.11. The van der Waals surface area contributed by atoms with Crippen LogP contribution in [0.2, 0.25) is 0 Å². The number of hydrogen-bond donors (Lipinski definition) is 0. The maximum Gasteiger partial charge on any atom is 0.223 e. The zero-order valence-corrected chi connectivity index (χ0v) is 8.63. The van der Waals surface area contributed by atoms with Crippen molar-refractivity contribution in [1.29, 1.82) is 10.5 Å². The number of nitriles is 2. The van der Waals surface area contributed by atoms with E-state index in [0.29, 0.717) is 25.9 Å². The van der Waals surface area contributed by atoms with Crippen molar-refractivity contribution >= 4 is 17.5 Å². The van der Waals surface area contributed by atoms with Crippen LogP contribution >= 0.6 is 11.6 Å². The third kappa shape index (κ3) is 5.40. The van der Waals surface area contributed by atoms with Crippen LogP contribution in [0.4, 0.5) is 0 Å². The Morgan fingerprint density at radius 3 is 2.07 bits per heavy atom. The fraction of sp³-hybridized carbons (Fsp3) is 0.667. The van der Waals surface area contributed by atoms with Gasteiger partial charge >= 0.3 is 0 Å². The molecule has 0 aromatic rings. The van der Waals surface area contributed by atoms with Gasteiger partial charge in [-0.15, -0.1) is 11.6 Å².